The molecule has 0 aliphatic heterocycles. The van der Waals surface area contributed by atoms with E-state index >= 15 is 0 Å². The van der Waals surface area contributed by atoms with Gasteiger partial charge in [0.05, 0.1) is 0 Å². The van der Waals surface area contributed by atoms with Gasteiger partial charge in [0.15, 0.2) is 5.78 Å². The van der Waals surface area contributed by atoms with Gasteiger partial charge in [0.25, 0.3) is 5.91 Å². The molecule has 0 saturated heterocycles. The second kappa shape index (κ2) is 6.60. The molecule has 4 rings (SSSR count). The summed E-state index contributed by atoms with van der Waals surface area (Å²) in [7, 11) is 1.80. The molecular formula is C23H19NO2. The van der Waals surface area contributed by atoms with E-state index in [2.05, 4.69) is 12.1 Å². The summed E-state index contributed by atoms with van der Waals surface area (Å²) in [4.78, 5) is 27.1. The molecule has 0 radical (unpaired) electrons. The fourth-order valence-corrected chi connectivity index (χ4v) is 3.42. The van der Waals surface area contributed by atoms with E-state index < -0.39 is 0 Å². The molecule has 0 atom stereocenters. The molecule has 1 aliphatic rings. The normalized spacial score (nSPS) is 11.8. The summed E-state index contributed by atoms with van der Waals surface area (Å²) in [5.74, 6) is -0.0651. The Kier molecular flexibility index (Phi) is 4.13. The summed E-state index contributed by atoms with van der Waals surface area (Å²) >= 11 is 0. The Balaban J connectivity index is 1.54. The van der Waals surface area contributed by atoms with Crippen LogP contribution in [0.2, 0.25) is 0 Å². The fourth-order valence-electron chi connectivity index (χ4n) is 3.42. The minimum absolute atomic E-state index is 0.00260. The monoisotopic (exact) mass is 341 g/mol. The minimum atomic E-state index is -0.0625. The van der Waals surface area contributed by atoms with Crippen molar-refractivity contribution in [1.29, 1.82) is 0 Å². The third kappa shape index (κ3) is 2.82. The van der Waals surface area contributed by atoms with Crippen LogP contribution in [0.15, 0.2) is 72.8 Å². The molecule has 0 bridgehead atoms. The van der Waals surface area contributed by atoms with Gasteiger partial charge in [-0.25, -0.2) is 0 Å². The third-order valence-corrected chi connectivity index (χ3v) is 4.90. The van der Waals surface area contributed by atoms with Crippen LogP contribution in [0.3, 0.4) is 0 Å². The molecule has 0 aromatic heterocycles. The van der Waals surface area contributed by atoms with Crippen molar-refractivity contribution >= 4 is 11.7 Å². The van der Waals surface area contributed by atoms with E-state index in [0.717, 1.165) is 17.5 Å². The number of likely N-dealkylation sites (N-methyl/N-ethyl adjacent to an activating group) is 1. The van der Waals surface area contributed by atoms with Crippen molar-refractivity contribution in [1.82, 2.24) is 4.90 Å². The van der Waals surface area contributed by atoms with Crippen LogP contribution in [0.25, 0.3) is 11.1 Å². The molecule has 0 N–H and O–H groups in total. The first kappa shape index (κ1) is 16.3. The molecule has 26 heavy (non-hydrogen) atoms. The number of fused-ring (bicyclic) bond motifs is 3. The largest absolute Gasteiger partial charge is 0.341 e. The van der Waals surface area contributed by atoms with E-state index in [1.165, 1.54) is 5.56 Å². The van der Waals surface area contributed by atoms with Crippen LogP contribution in [-0.4, -0.2) is 30.2 Å². The molecule has 0 heterocycles. The van der Waals surface area contributed by atoms with Crippen LogP contribution < -0.4 is 0 Å². The summed E-state index contributed by atoms with van der Waals surface area (Å²) in [6.45, 7) is 0.633. The van der Waals surface area contributed by atoms with Gasteiger partial charge in [0, 0.05) is 30.3 Å². The minimum Gasteiger partial charge on any atom is -0.341 e. The quantitative estimate of drug-likeness (QED) is 0.557. The highest BCUT2D eigenvalue weighted by Gasteiger charge is 2.27. The highest BCUT2D eigenvalue weighted by atomic mass is 16.2. The maximum atomic E-state index is 12.8. The first-order valence-electron chi connectivity index (χ1n) is 8.72. The average molecular weight is 341 g/mol. The van der Waals surface area contributed by atoms with Crippen LogP contribution in [0.5, 0.6) is 0 Å². The molecule has 0 unspecified atom stereocenters. The maximum absolute atomic E-state index is 12.8. The molecule has 3 aromatic carbocycles. The van der Waals surface area contributed by atoms with Crippen LogP contribution in [0.4, 0.5) is 0 Å². The number of hydrogen-bond acceptors (Lipinski definition) is 2. The second-order valence-corrected chi connectivity index (χ2v) is 6.60. The zero-order valence-corrected chi connectivity index (χ0v) is 14.6. The molecule has 3 nitrogen and oxygen atoms in total. The van der Waals surface area contributed by atoms with Crippen molar-refractivity contribution in [3.05, 3.63) is 95.1 Å². The molecule has 0 fully saturated rings. The number of benzene rings is 3. The lowest BCUT2D eigenvalue weighted by molar-refractivity contribution is 0.0796. The van der Waals surface area contributed by atoms with Crippen LogP contribution in [0.1, 0.15) is 31.8 Å². The molecule has 1 amide bonds. The smallest absolute Gasteiger partial charge is 0.253 e. The Hall–Kier alpha value is -3.20. The standard InChI is InChI=1S/C23H19NO2/c1-24(14-13-16-7-3-2-4-8-16)23(26)17-11-12-19-18-9-5-6-10-20(18)22(25)21(19)15-17/h2-12,15H,13-14H2,1H3. The lowest BCUT2D eigenvalue weighted by Gasteiger charge is -2.17. The number of carbonyl (C=O) groups excluding carboxylic acids is 2. The predicted molar refractivity (Wildman–Crippen MR) is 102 cm³/mol. The van der Waals surface area contributed by atoms with Crippen molar-refractivity contribution in [2.24, 2.45) is 0 Å². The molecule has 3 aromatic rings. The molecular weight excluding hydrogens is 322 g/mol. The predicted octanol–water partition coefficient (Wildman–Crippen LogP) is 4.21. The summed E-state index contributed by atoms with van der Waals surface area (Å²) in [5, 5.41) is 0. The van der Waals surface area contributed by atoms with E-state index in [9.17, 15) is 9.59 Å². The van der Waals surface area contributed by atoms with Gasteiger partial charge in [-0.2, -0.15) is 0 Å². The Bertz CT molecular complexity index is 992. The van der Waals surface area contributed by atoms with Gasteiger partial charge in [-0.15, -0.1) is 0 Å². The van der Waals surface area contributed by atoms with E-state index in [1.807, 2.05) is 54.6 Å². The second-order valence-electron chi connectivity index (χ2n) is 6.60. The number of ketones is 1. The number of carbonyl (C=O) groups is 2. The number of amides is 1. The van der Waals surface area contributed by atoms with Crippen molar-refractivity contribution in [2.45, 2.75) is 6.42 Å². The Morgan fingerprint density at radius 2 is 1.46 bits per heavy atom. The summed E-state index contributed by atoms with van der Waals surface area (Å²) in [5.41, 5.74) is 4.95. The summed E-state index contributed by atoms with van der Waals surface area (Å²) in [6, 6.07) is 23.1. The number of hydrogen-bond donors (Lipinski definition) is 0. The molecule has 0 spiro atoms. The van der Waals surface area contributed by atoms with E-state index in [0.29, 0.717) is 23.2 Å². The van der Waals surface area contributed by atoms with Gasteiger partial charge in [-0.3, -0.25) is 9.59 Å². The van der Waals surface area contributed by atoms with Gasteiger partial charge >= 0.3 is 0 Å². The van der Waals surface area contributed by atoms with Gasteiger partial charge in [-0.1, -0.05) is 60.7 Å². The first-order chi connectivity index (χ1) is 12.6. The lowest BCUT2D eigenvalue weighted by atomic mass is 10.0. The van der Waals surface area contributed by atoms with Gasteiger partial charge in [-0.05, 0) is 35.2 Å². The maximum Gasteiger partial charge on any atom is 0.253 e. The topological polar surface area (TPSA) is 37.4 Å². The third-order valence-electron chi connectivity index (χ3n) is 4.90. The van der Waals surface area contributed by atoms with E-state index in [1.54, 1.807) is 18.0 Å². The number of nitrogens with zero attached hydrogens (tertiary/aromatic N) is 1. The lowest BCUT2D eigenvalue weighted by Crippen LogP contribution is -2.29. The fraction of sp³-hybridized carbons (Fsp3) is 0.130. The van der Waals surface area contributed by atoms with Crippen LogP contribution in [-0.2, 0) is 6.42 Å². The van der Waals surface area contributed by atoms with Crippen molar-refractivity contribution in [3.63, 3.8) is 0 Å². The molecule has 3 heteroatoms. The molecule has 128 valence electrons. The zero-order chi connectivity index (χ0) is 18.1. The highest BCUT2D eigenvalue weighted by Crippen LogP contribution is 2.36. The Morgan fingerprint density at radius 3 is 2.23 bits per heavy atom. The van der Waals surface area contributed by atoms with Crippen molar-refractivity contribution in [3.8, 4) is 11.1 Å². The van der Waals surface area contributed by atoms with Crippen molar-refractivity contribution in [2.75, 3.05) is 13.6 Å². The summed E-state index contributed by atoms with van der Waals surface area (Å²) in [6.07, 6.45) is 0.804. The molecule has 1 aliphatic carbocycles. The van der Waals surface area contributed by atoms with Gasteiger partial charge in [0.1, 0.15) is 0 Å². The molecule has 0 saturated carbocycles. The van der Waals surface area contributed by atoms with Gasteiger partial charge in [0.2, 0.25) is 0 Å². The average Bonchev–Trinajstić information content (AvgIpc) is 2.98. The highest BCUT2D eigenvalue weighted by molar-refractivity contribution is 6.22. The summed E-state index contributed by atoms with van der Waals surface area (Å²) < 4.78 is 0. The Morgan fingerprint density at radius 1 is 0.808 bits per heavy atom. The zero-order valence-electron chi connectivity index (χ0n) is 14.6. The van der Waals surface area contributed by atoms with Crippen molar-refractivity contribution < 1.29 is 9.59 Å². The van der Waals surface area contributed by atoms with E-state index in [4.69, 9.17) is 0 Å². The first-order valence-corrected chi connectivity index (χ1v) is 8.72. The van der Waals surface area contributed by atoms with Crippen LogP contribution in [0, 0.1) is 0 Å². The van der Waals surface area contributed by atoms with Gasteiger partial charge < -0.3 is 4.90 Å². The SMILES string of the molecule is CN(CCc1ccccc1)C(=O)c1ccc2c(c1)C(=O)c1ccccc1-2. The Labute approximate surface area is 152 Å². The van der Waals surface area contributed by atoms with E-state index in [-0.39, 0.29) is 11.7 Å². The van der Waals surface area contributed by atoms with Crippen LogP contribution >= 0.6 is 0 Å². The number of rotatable bonds is 4.